The van der Waals surface area contributed by atoms with Crippen LogP contribution < -0.4 is 10.1 Å². The zero-order valence-corrected chi connectivity index (χ0v) is 17.9. The Morgan fingerprint density at radius 3 is 2.45 bits per heavy atom. The van der Waals surface area contributed by atoms with E-state index in [1.807, 2.05) is 36.1 Å². The number of carbonyl (C=O) groups excluding carboxylic acids is 1. The molecule has 29 heavy (non-hydrogen) atoms. The number of rotatable bonds is 8. The Balaban J connectivity index is 1.40. The smallest absolute Gasteiger partial charge is 0.321 e. The molecule has 7 nitrogen and oxygen atoms in total. The van der Waals surface area contributed by atoms with Crippen LogP contribution in [0.3, 0.4) is 0 Å². The van der Waals surface area contributed by atoms with Crippen LogP contribution in [0, 0.1) is 13.8 Å². The highest BCUT2D eigenvalue weighted by Gasteiger charge is 2.21. The molecule has 1 aromatic carbocycles. The minimum absolute atomic E-state index is 0.0390. The first-order chi connectivity index (χ1) is 14.0. The van der Waals surface area contributed by atoms with Crippen molar-refractivity contribution >= 4 is 11.7 Å². The highest BCUT2D eigenvalue weighted by atomic mass is 16.5. The summed E-state index contributed by atoms with van der Waals surface area (Å²) in [7, 11) is 0. The number of piperazine rings is 1. The van der Waals surface area contributed by atoms with Crippen molar-refractivity contribution in [2.24, 2.45) is 0 Å². The Bertz CT molecular complexity index is 779. The standard InChI is InChI=1S/C22H33N5O2/c1-4-5-16-29-21-8-6-20(7-9-21)23-22(28)26-13-10-25(11-14-26)12-15-27-19(3)17-18(2)24-27/h6-9,17H,4-5,10-16H2,1-3H3,(H,23,28). The van der Waals surface area contributed by atoms with Gasteiger partial charge in [0.25, 0.3) is 0 Å². The van der Waals surface area contributed by atoms with E-state index in [2.05, 4.69) is 39.9 Å². The van der Waals surface area contributed by atoms with E-state index in [-0.39, 0.29) is 6.03 Å². The summed E-state index contributed by atoms with van der Waals surface area (Å²) < 4.78 is 7.72. The summed E-state index contributed by atoms with van der Waals surface area (Å²) in [6.07, 6.45) is 2.16. The minimum atomic E-state index is -0.0390. The van der Waals surface area contributed by atoms with Gasteiger partial charge in [-0.05, 0) is 50.6 Å². The van der Waals surface area contributed by atoms with Gasteiger partial charge in [0, 0.05) is 44.1 Å². The Kier molecular flexibility index (Phi) is 7.52. The van der Waals surface area contributed by atoms with Crippen molar-refractivity contribution in [3.05, 3.63) is 41.7 Å². The van der Waals surface area contributed by atoms with E-state index in [1.54, 1.807) is 0 Å². The molecule has 1 saturated heterocycles. The molecule has 3 rings (SSSR count). The molecule has 2 heterocycles. The first-order valence-electron chi connectivity index (χ1n) is 10.6. The summed E-state index contributed by atoms with van der Waals surface area (Å²) in [4.78, 5) is 16.8. The van der Waals surface area contributed by atoms with E-state index in [9.17, 15) is 4.79 Å². The molecule has 2 aromatic rings. The van der Waals surface area contributed by atoms with E-state index in [4.69, 9.17) is 4.74 Å². The Morgan fingerprint density at radius 1 is 1.10 bits per heavy atom. The molecule has 0 bridgehead atoms. The molecule has 0 radical (unpaired) electrons. The Hall–Kier alpha value is -2.54. The summed E-state index contributed by atoms with van der Waals surface area (Å²) in [5.74, 6) is 0.840. The van der Waals surface area contributed by atoms with Gasteiger partial charge in [-0.3, -0.25) is 9.58 Å². The fourth-order valence-corrected chi connectivity index (χ4v) is 3.48. The van der Waals surface area contributed by atoms with Crippen LogP contribution in [0.2, 0.25) is 0 Å². The van der Waals surface area contributed by atoms with Gasteiger partial charge >= 0.3 is 6.03 Å². The van der Waals surface area contributed by atoms with Gasteiger partial charge in [0.15, 0.2) is 0 Å². The van der Waals surface area contributed by atoms with E-state index in [0.717, 1.165) is 75.8 Å². The van der Waals surface area contributed by atoms with E-state index in [0.29, 0.717) is 0 Å². The number of aryl methyl sites for hydroxylation is 2. The van der Waals surface area contributed by atoms with Crippen LogP contribution in [0.4, 0.5) is 10.5 Å². The molecule has 7 heteroatoms. The average Bonchev–Trinajstić information content (AvgIpc) is 3.05. The number of urea groups is 1. The molecule has 2 amide bonds. The zero-order chi connectivity index (χ0) is 20.6. The first kappa shape index (κ1) is 21.2. The van der Waals surface area contributed by atoms with Crippen LogP contribution in [0.5, 0.6) is 5.75 Å². The summed E-state index contributed by atoms with van der Waals surface area (Å²) in [6, 6.07) is 9.66. The number of ether oxygens (including phenoxy) is 1. The van der Waals surface area contributed by atoms with Crippen LogP contribution in [-0.2, 0) is 6.54 Å². The maximum absolute atomic E-state index is 12.5. The molecule has 158 valence electrons. The topological polar surface area (TPSA) is 62.6 Å². The molecule has 1 aliphatic heterocycles. The van der Waals surface area contributed by atoms with Gasteiger partial charge in [-0.1, -0.05) is 13.3 Å². The number of nitrogens with one attached hydrogen (secondary N) is 1. The van der Waals surface area contributed by atoms with Crippen molar-refractivity contribution in [1.82, 2.24) is 19.6 Å². The predicted octanol–water partition coefficient (Wildman–Crippen LogP) is 3.53. The second-order valence-electron chi connectivity index (χ2n) is 7.64. The van der Waals surface area contributed by atoms with Gasteiger partial charge in [-0.25, -0.2) is 4.79 Å². The van der Waals surface area contributed by atoms with E-state index < -0.39 is 0 Å². The van der Waals surface area contributed by atoms with Gasteiger partial charge in [0.2, 0.25) is 0 Å². The van der Waals surface area contributed by atoms with Crippen LogP contribution >= 0.6 is 0 Å². The molecule has 0 atom stereocenters. The van der Waals surface area contributed by atoms with Crippen LogP contribution in [0.15, 0.2) is 30.3 Å². The third-order valence-electron chi connectivity index (χ3n) is 5.26. The predicted molar refractivity (Wildman–Crippen MR) is 116 cm³/mol. The number of hydrogen-bond donors (Lipinski definition) is 1. The largest absolute Gasteiger partial charge is 0.494 e. The number of amides is 2. The molecule has 1 N–H and O–H groups in total. The van der Waals surface area contributed by atoms with Crippen molar-refractivity contribution in [1.29, 1.82) is 0 Å². The molecule has 1 fully saturated rings. The number of benzene rings is 1. The fraction of sp³-hybridized carbons (Fsp3) is 0.545. The van der Waals surface area contributed by atoms with Gasteiger partial charge in [-0.15, -0.1) is 0 Å². The molecule has 0 spiro atoms. The van der Waals surface area contributed by atoms with E-state index in [1.165, 1.54) is 5.69 Å². The maximum atomic E-state index is 12.5. The third kappa shape index (κ3) is 6.22. The normalized spacial score (nSPS) is 14.8. The van der Waals surface area contributed by atoms with Crippen molar-refractivity contribution in [2.75, 3.05) is 44.6 Å². The summed E-state index contributed by atoms with van der Waals surface area (Å²) >= 11 is 0. The molecule has 0 unspecified atom stereocenters. The minimum Gasteiger partial charge on any atom is -0.494 e. The van der Waals surface area contributed by atoms with Gasteiger partial charge in [-0.2, -0.15) is 5.10 Å². The second kappa shape index (κ2) is 10.3. The van der Waals surface area contributed by atoms with Gasteiger partial charge in [0.1, 0.15) is 5.75 Å². The lowest BCUT2D eigenvalue weighted by molar-refractivity contribution is 0.143. The maximum Gasteiger partial charge on any atom is 0.321 e. The number of anilines is 1. The van der Waals surface area contributed by atoms with Crippen LogP contribution in [-0.4, -0.2) is 64.9 Å². The summed E-state index contributed by atoms with van der Waals surface area (Å²) in [6.45, 7) is 12.1. The lowest BCUT2D eigenvalue weighted by Crippen LogP contribution is -2.50. The molecule has 0 aliphatic carbocycles. The van der Waals surface area contributed by atoms with Crippen molar-refractivity contribution in [2.45, 2.75) is 40.2 Å². The monoisotopic (exact) mass is 399 g/mol. The third-order valence-corrected chi connectivity index (χ3v) is 5.26. The number of hydrogen-bond acceptors (Lipinski definition) is 4. The molecular formula is C22H33N5O2. The first-order valence-corrected chi connectivity index (χ1v) is 10.6. The fourth-order valence-electron chi connectivity index (χ4n) is 3.48. The summed E-state index contributed by atoms with van der Waals surface area (Å²) in [5.41, 5.74) is 3.05. The second-order valence-corrected chi connectivity index (χ2v) is 7.64. The Morgan fingerprint density at radius 2 is 1.83 bits per heavy atom. The number of carbonyl (C=O) groups is 1. The molecule has 1 aromatic heterocycles. The average molecular weight is 400 g/mol. The quantitative estimate of drug-likeness (QED) is 0.690. The van der Waals surface area contributed by atoms with Crippen LogP contribution in [0.1, 0.15) is 31.2 Å². The highest BCUT2D eigenvalue weighted by molar-refractivity contribution is 5.89. The molecular weight excluding hydrogens is 366 g/mol. The molecule has 0 saturated carbocycles. The van der Waals surface area contributed by atoms with Gasteiger partial charge < -0.3 is 15.0 Å². The van der Waals surface area contributed by atoms with Crippen molar-refractivity contribution in [3.8, 4) is 5.75 Å². The van der Waals surface area contributed by atoms with Crippen molar-refractivity contribution < 1.29 is 9.53 Å². The number of aromatic nitrogens is 2. The van der Waals surface area contributed by atoms with Gasteiger partial charge in [0.05, 0.1) is 18.8 Å². The number of unbranched alkanes of at least 4 members (excludes halogenated alkanes) is 1. The lowest BCUT2D eigenvalue weighted by Gasteiger charge is -2.34. The van der Waals surface area contributed by atoms with Crippen LogP contribution in [0.25, 0.3) is 0 Å². The molecule has 1 aliphatic rings. The number of nitrogens with zero attached hydrogens (tertiary/aromatic N) is 4. The highest BCUT2D eigenvalue weighted by Crippen LogP contribution is 2.17. The zero-order valence-electron chi connectivity index (χ0n) is 17.9. The van der Waals surface area contributed by atoms with E-state index >= 15 is 0 Å². The lowest BCUT2D eigenvalue weighted by atomic mass is 10.3. The summed E-state index contributed by atoms with van der Waals surface area (Å²) in [5, 5.41) is 7.51. The SMILES string of the molecule is CCCCOc1ccc(NC(=O)N2CCN(CCn3nc(C)cc3C)CC2)cc1. The van der Waals surface area contributed by atoms with Crippen molar-refractivity contribution in [3.63, 3.8) is 0 Å². The Labute approximate surface area is 173 Å².